The molecule has 2 rings (SSSR count). The van der Waals surface area contributed by atoms with Crippen molar-refractivity contribution in [1.82, 2.24) is 0 Å². The van der Waals surface area contributed by atoms with Crippen molar-refractivity contribution in [3.8, 4) is 0 Å². The Morgan fingerprint density at radius 2 is 2.17 bits per heavy atom. The van der Waals surface area contributed by atoms with Gasteiger partial charge in [0.25, 0.3) is 0 Å². The number of benzene rings is 1. The van der Waals surface area contributed by atoms with E-state index in [0.29, 0.717) is 16.3 Å². The van der Waals surface area contributed by atoms with Crippen molar-refractivity contribution in [3.05, 3.63) is 27.9 Å². The minimum atomic E-state index is 0.486. The minimum absolute atomic E-state index is 0.486. The smallest absolute Gasteiger partial charge is 0.159 e. The number of fused-ring (bicyclic) bond motifs is 1. The minimum Gasteiger partial charge on any atom is -0.461 e. The van der Waals surface area contributed by atoms with Gasteiger partial charge in [-0.05, 0) is 28.1 Å². The highest BCUT2D eigenvalue weighted by Gasteiger charge is 2.08. The zero-order chi connectivity index (χ0) is 8.72. The van der Waals surface area contributed by atoms with Gasteiger partial charge in [-0.3, -0.25) is 0 Å². The van der Waals surface area contributed by atoms with Gasteiger partial charge in [-0.2, -0.15) is 0 Å². The number of nitrogens with two attached hydrogens (primary N) is 1. The molecule has 0 spiro atoms. The first kappa shape index (κ1) is 7.95. The molecule has 0 aliphatic heterocycles. The first-order valence-corrected chi connectivity index (χ1v) is 4.48. The molecule has 0 saturated heterocycles. The van der Waals surface area contributed by atoms with E-state index in [1.165, 1.54) is 0 Å². The molecular formula is C8H5BrClNO. The molecule has 1 heterocycles. The van der Waals surface area contributed by atoms with Gasteiger partial charge < -0.3 is 10.2 Å². The molecule has 0 bridgehead atoms. The van der Waals surface area contributed by atoms with E-state index >= 15 is 0 Å². The summed E-state index contributed by atoms with van der Waals surface area (Å²) in [4.78, 5) is 0. The second kappa shape index (κ2) is 2.68. The second-order valence-electron chi connectivity index (χ2n) is 2.42. The average Bonchev–Trinajstić information content (AvgIpc) is 2.41. The molecular weight excluding hydrogens is 241 g/mol. The third-order valence-electron chi connectivity index (χ3n) is 1.68. The van der Waals surface area contributed by atoms with Crippen LogP contribution in [0.5, 0.6) is 0 Å². The van der Waals surface area contributed by atoms with Crippen molar-refractivity contribution in [3.63, 3.8) is 0 Å². The summed E-state index contributed by atoms with van der Waals surface area (Å²) >= 11 is 9.13. The lowest BCUT2D eigenvalue weighted by Crippen LogP contribution is -1.85. The molecule has 12 heavy (non-hydrogen) atoms. The van der Waals surface area contributed by atoms with Gasteiger partial charge in [-0.25, -0.2) is 0 Å². The zero-order valence-corrected chi connectivity index (χ0v) is 8.32. The van der Waals surface area contributed by atoms with Crippen LogP contribution < -0.4 is 5.73 Å². The van der Waals surface area contributed by atoms with Gasteiger partial charge in [0.05, 0.1) is 15.2 Å². The van der Waals surface area contributed by atoms with Crippen LogP contribution in [0.1, 0.15) is 0 Å². The van der Waals surface area contributed by atoms with Gasteiger partial charge in [0, 0.05) is 5.39 Å². The molecule has 2 N–H and O–H groups in total. The van der Waals surface area contributed by atoms with Gasteiger partial charge in [0.15, 0.2) is 5.58 Å². The van der Waals surface area contributed by atoms with E-state index < -0.39 is 0 Å². The summed E-state index contributed by atoms with van der Waals surface area (Å²) in [6.45, 7) is 0. The van der Waals surface area contributed by atoms with Crippen molar-refractivity contribution >= 4 is 44.2 Å². The fourth-order valence-electron chi connectivity index (χ4n) is 1.06. The van der Waals surface area contributed by atoms with E-state index in [-0.39, 0.29) is 0 Å². The Hall–Kier alpha value is -0.670. The van der Waals surface area contributed by atoms with Crippen LogP contribution in [0.3, 0.4) is 0 Å². The molecule has 62 valence electrons. The summed E-state index contributed by atoms with van der Waals surface area (Å²) in [5.41, 5.74) is 6.80. The van der Waals surface area contributed by atoms with Crippen molar-refractivity contribution < 1.29 is 4.42 Å². The van der Waals surface area contributed by atoms with Crippen molar-refractivity contribution in [2.45, 2.75) is 0 Å². The molecule has 2 aromatic rings. The van der Waals surface area contributed by atoms with Crippen LogP contribution in [0.4, 0.5) is 5.69 Å². The number of rotatable bonds is 0. The Labute approximate surface area is 82.4 Å². The summed E-state index contributed by atoms with van der Waals surface area (Å²) in [6, 6.07) is 3.61. The highest BCUT2D eigenvalue weighted by atomic mass is 79.9. The van der Waals surface area contributed by atoms with Gasteiger partial charge in [0.2, 0.25) is 0 Å². The van der Waals surface area contributed by atoms with Gasteiger partial charge in [-0.1, -0.05) is 11.6 Å². The highest BCUT2D eigenvalue weighted by molar-refractivity contribution is 9.10. The summed E-state index contributed by atoms with van der Waals surface area (Å²) in [6.07, 6.45) is 1.59. The van der Waals surface area contributed by atoms with Crippen molar-refractivity contribution in [2.75, 3.05) is 5.73 Å². The van der Waals surface area contributed by atoms with E-state index in [0.717, 1.165) is 9.86 Å². The summed E-state index contributed by atoms with van der Waals surface area (Å²) in [7, 11) is 0. The molecule has 2 nitrogen and oxygen atoms in total. The van der Waals surface area contributed by atoms with Gasteiger partial charge in [0.1, 0.15) is 6.26 Å². The Morgan fingerprint density at radius 1 is 1.42 bits per heavy atom. The Bertz CT molecular complexity index is 438. The lowest BCUT2D eigenvalue weighted by molar-refractivity contribution is 0.615. The van der Waals surface area contributed by atoms with E-state index in [1.807, 2.05) is 6.07 Å². The fourth-order valence-corrected chi connectivity index (χ4v) is 1.62. The molecule has 0 atom stereocenters. The number of nitrogen functional groups attached to an aromatic ring is 1. The largest absolute Gasteiger partial charge is 0.461 e. The Balaban J connectivity index is 2.93. The van der Waals surface area contributed by atoms with E-state index in [2.05, 4.69) is 15.9 Å². The predicted octanol–water partition coefficient (Wildman–Crippen LogP) is 3.43. The van der Waals surface area contributed by atoms with Gasteiger partial charge in [-0.15, -0.1) is 0 Å². The molecule has 1 aromatic carbocycles. The maximum Gasteiger partial charge on any atom is 0.159 e. The van der Waals surface area contributed by atoms with E-state index in [4.69, 9.17) is 21.8 Å². The number of halogens is 2. The van der Waals surface area contributed by atoms with E-state index in [1.54, 1.807) is 12.3 Å². The highest BCUT2D eigenvalue weighted by Crippen LogP contribution is 2.33. The SMILES string of the molecule is Nc1c(Cl)ccc2c(Br)coc12. The molecule has 0 amide bonds. The molecule has 0 saturated carbocycles. The van der Waals surface area contributed by atoms with Crippen molar-refractivity contribution in [1.29, 1.82) is 0 Å². The van der Waals surface area contributed by atoms with Crippen LogP contribution in [-0.2, 0) is 0 Å². The first-order valence-electron chi connectivity index (χ1n) is 3.31. The number of anilines is 1. The van der Waals surface area contributed by atoms with Crippen LogP contribution in [0.2, 0.25) is 5.02 Å². The number of furan rings is 1. The number of hydrogen-bond acceptors (Lipinski definition) is 2. The van der Waals surface area contributed by atoms with Crippen LogP contribution in [0.25, 0.3) is 11.0 Å². The fraction of sp³-hybridized carbons (Fsp3) is 0. The summed E-state index contributed by atoms with van der Waals surface area (Å²) < 4.78 is 6.09. The third-order valence-corrected chi connectivity index (χ3v) is 2.62. The average molecular weight is 246 g/mol. The van der Waals surface area contributed by atoms with Gasteiger partial charge >= 0.3 is 0 Å². The van der Waals surface area contributed by atoms with Crippen molar-refractivity contribution in [2.24, 2.45) is 0 Å². The molecule has 0 aliphatic rings. The first-order chi connectivity index (χ1) is 5.70. The molecule has 0 aliphatic carbocycles. The summed E-state index contributed by atoms with van der Waals surface area (Å²) in [5.74, 6) is 0. The lowest BCUT2D eigenvalue weighted by Gasteiger charge is -1.96. The molecule has 1 aromatic heterocycles. The number of hydrogen-bond donors (Lipinski definition) is 1. The molecule has 0 radical (unpaired) electrons. The van der Waals surface area contributed by atoms with Crippen LogP contribution >= 0.6 is 27.5 Å². The lowest BCUT2D eigenvalue weighted by atomic mass is 10.2. The molecule has 0 fully saturated rings. The standard InChI is InChI=1S/C8H5BrClNO/c9-5-3-12-8-4(5)1-2-6(10)7(8)11/h1-3H,11H2. The Kier molecular flexibility index (Phi) is 1.77. The maximum absolute atomic E-state index is 5.80. The zero-order valence-electron chi connectivity index (χ0n) is 5.97. The quantitative estimate of drug-likeness (QED) is 0.723. The van der Waals surface area contributed by atoms with E-state index in [9.17, 15) is 0 Å². The normalized spacial score (nSPS) is 10.8. The topological polar surface area (TPSA) is 39.2 Å². The maximum atomic E-state index is 5.80. The monoisotopic (exact) mass is 245 g/mol. The third kappa shape index (κ3) is 1.01. The summed E-state index contributed by atoms with van der Waals surface area (Å²) in [5, 5.41) is 1.46. The van der Waals surface area contributed by atoms with Crippen LogP contribution in [0.15, 0.2) is 27.3 Å². The molecule has 0 unspecified atom stereocenters. The van der Waals surface area contributed by atoms with Crippen LogP contribution in [-0.4, -0.2) is 0 Å². The Morgan fingerprint density at radius 3 is 2.92 bits per heavy atom. The molecule has 4 heteroatoms. The second-order valence-corrected chi connectivity index (χ2v) is 3.68. The predicted molar refractivity (Wildman–Crippen MR) is 53.3 cm³/mol. The van der Waals surface area contributed by atoms with Crippen LogP contribution in [0, 0.1) is 0 Å².